The molecule has 0 radical (unpaired) electrons. The van der Waals surface area contributed by atoms with Gasteiger partial charge in [-0.15, -0.1) is 0 Å². The van der Waals surface area contributed by atoms with Gasteiger partial charge in [-0.2, -0.15) is 0 Å². The van der Waals surface area contributed by atoms with Gasteiger partial charge in [0.2, 0.25) is 5.56 Å². The van der Waals surface area contributed by atoms with E-state index in [1.165, 1.54) is 0 Å². The summed E-state index contributed by atoms with van der Waals surface area (Å²) in [6, 6.07) is 3.82. The molecule has 1 aliphatic heterocycles. The van der Waals surface area contributed by atoms with E-state index in [0.29, 0.717) is 6.61 Å². The Kier molecular flexibility index (Phi) is 7.12. The van der Waals surface area contributed by atoms with Crippen molar-refractivity contribution in [3.63, 3.8) is 0 Å². The number of H-pyrrole nitrogens is 1. The molecular weight excluding hydrogens is 396 g/mol. The highest BCUT2D eigenvalue weighted by Gasteiger charge is 2.45. The number of nitrogens with one attached hydrogen (secondary N) is 2. The summed E-state index contributed by atoms with van der Waals surface area (Å²) in [7, 11) is -3.74. The number of pyridine rings is 1. The molecule has 2 N–H and O–H groups in total. The van der Waals surface area contributed by atoms with Crippen LogP contribution in [-0.2, 0) is 8.85 Å². The Morgan fingerprint density at radius 3 is 2.07 bits per heavy atom. The van der Waals surface area contributed by atoms with Crippen LogP contribution in [0, 0.1) is 0 Å². The van der Waals surface area contributed by atoms with Crippen LogP contribution in [0.3, 0.4) is 0 Å². The maximum Gasteiger partial charge on any atom is 0.247 e. The molecule has 2 rings (SSSR count). The molecule has 0 saturated carbocycles. The van der Waals surface area contributed by atoms with E-state index in [-0.39, 0.29) is 33.8 Å². The van der Waals surface area contributed by atoms with E-state index in [2.05, 4.69) is 78.0 Å². The quantitative estimate of drug-likeness (QED) is 0.600. The Morgan fingerprint density at radius 2 is 1.59 bits per heavy atom. The molecule has 29 heavy (non-hydrogen) atoms. The van der Waals surface area contributed by atoms with Crippen molar-refractivity contribution in [2.75, 3.05) is 6.61 Å². The second-order valence-electron chi connectivity index (χ2n) is 11.5. The summed E-state index contributed by atoms with van der Waals surface area (Å²) in [4.78, 5) is 14.3. The summed E-state index contributed by atoms with van der Waals surface area (Å²) in [6.45, 7) is 23.5. The number of rotatable bonds is 6. The fourth-order valence-electron chi connectivity index (χ4n) is 3.06. The van der Waals surface area contributed by atoms with Gasteiger partial charge in [-0.05, 0) is 48.2 Å². The van der Waals surface area contributed by atoms with Crippen LogP contribution in [0.1, 0.15) is 59.6 Å². The predicted octanol–water partition coefficient (Wildman–Crippen LogP) is 5.19. The molecule has 0 spiro atoms. The fourth-order valence-corrected chi connectivity index (χ4v) is 5.46. The van der Waals surface area contributed by atoms with Crippen LogP contribution in [0.25, 0.3) is 0 Å². The van der Waals surface area contributed by atoms with Crippen molar-refractivity contribution in [3.8, 4) is 0 Å². The molecule has 0 aromatic carbocycles. The first-order valence-electron chi connectivity index (χ1n) is 10.8. The SMILES string of the molecule is CC(C)(C)[Si](C)(C)OC[C@H]1N[C@@H](c2ccc(=O)[nH]c2)C[C@@H]1O[Si](C)(C)C(C)(C)C. The zero-order chi connectivity index (χ0) is 22.3. The standard InChI is InChI=1S/C22H42N2O3Si2/c1-21(2,3)28(7,8)26-15-18-19(27-29(9,10)22(4,5)6)13-17(24-18)16-11-12-20(25)23-14-16/h11-12,14,17-19,24H,13,15H2,1-10H3,(H,23,25)/t17-,18-,19+/m1/s1. The van der Waals surface area contributed by atoms with Crippen LogP contribution in [0.4, 0.5) is 0 Å². The van der Waals surface area contributed by atoms with Crippen molar-refractivity contribution in [1.29, 1.82) is 0 Å². The molecule has 0 bridgehead atoms. The highest BCUT2D eigenvalue weighted by Crippen LogP contribution is 2.41. The third-order valence-corrected chi connectivity index (χ3v) is 16.2. The topological polar surface area (TPSA) is 63.3 Å². The summed E-state index contributed by atoms with van der Waals surface area (Å²) >= 11 is 0. The lowest BCUT2D eigenvalue weighted by Gasteiger charge is -2.41. The Balaban J connectivity index is 2.21. The van der Waals surface area contributed by atoms with Gasteiger partial charge in [-0.1, -0.05) is 47.6 Å². The first kappa shape index (κ1) is 24.5. The van der Waals surface area contributed by atoms with E-state index >= 15 is 0 Å². The zero-order valence-electron chi connectivity index (χ0n) is 20.1. The van der Waals surface area contributed by atoms with Gasteiger partial charge >= 0.3 is 0 Å². The van der Waals surface area contributed by atoms with Crippen LogP contribution in [0.5, 0.6) is 0 Å². The molecule has 1 saturated heterocycles. The summed E-state index contributed by atoms with van der Waals surface area (Å²) in [5, 5.41) is 4.09. The Labute approximate surface area is 179 Å². The Hall–Kier alpha value is -0.736. The minimum absolute atomic E-state index is 0.0707. The highest BCUT2D eigenvalue weighted by atomic mass is 28.4. The van der Waals surface area contributed by atoms with Gasteiger partial charge in [0.1, 0.15) is 0 Å². The van der Waals surface area contributed by atoms with E-state index in [1.54, 1.807) is 6.07 Å². The third kappa shape index (κ3) is 5.91. The number of aromatic amines is 1. The molecule has 3 atom stereocenters. The van der Waals surface area contributed by atoms with Crippen molar-refractivity contribution < 1.29 is 8.85 Å². The first-order valence-corrected chi connectivity index (χ1v) is 16.6. The van der Waals surface area contributed by atoms with Gasteiger partial charge in [0.05, 0.1) is 18.8 Å². The maximum atomic E-state index is 11.5. The summed E-state index contributed by atoms with van der Waals surface area (Å²) in [6.07, 6.45) is 2.82. The average Bonchev–Trinajstić information content (AvgIpc) is 2.93. The molecule has 0 unspecified atom stereocenters. The van der Waals surface area contributed by atoms with Crippen molar-refractivity contribution in [1.82, 2.24) is 10.3 Å². The molecule has 1 aliphatic rings. The van der Waals surface area contributed by atoms with E-state index in [0.717, 1.165) is 12.0 Å². The molecule has 166 valence electrons. The summed E-state index contributed by atoms with van der Waals surface area (Å²) in [5.74, 6) is 0. The van der Waals surface area contributed by atoms with Gasteiger partial charge in [0.15, 0.2) is 16.6 Å². The molecular formula is C22H42N2O3Si2. The minimum atomic E-state index is -1.90. The van der Waals surface area contributed by atoms with Crippen LogP contribution < -0.4 is 10.9 Å². The first-order chi connectivity index (χ1) is 13.0. The molecule has 7 heteroatoms. The minimum Gasteiger partial charge on any atom is -0.415 e. The van der Waals surface area contributed by atoms with Crippen LogP contribution in [-0.4, -0.2) is 40.4 Å². The largest absolute Gasteiger partial charge is 0.415 e. The van der Waals surface area contributed by atoms with E-state index in [9.17, 15) is 4.79 Å². The van der Waals surface area contributed by atoms with Crippen molar-refractivity contribution in [3.05, 3.63) is 34.2 Å². The molecule has 5 nitrogen and oxygen atoms in total. The summed E-state index contributed by atoms with van der Waals surface area (Å²) < 4.78 is 13.4. The van der Waals surface area contributed by atoms with Crippen molar-refractivity contribution in [2.45, 2.75) is 102 Å². The van der Waals surface area contributed by atoms with Gasteiger partial charge in [0, 0.05) is 18.3 Å². The molecule has 1 fully saturated rings. The summed E-state index contributed by atoms with van der Waals surface area (Å²) in [5.41, 5.74) is 1.03. The third-order valence-electron chi connectivity index (χ3n) is 7.22. The van der Waals surface area contributed by atoms with Crippen molar-refractivity contribution in [2.24, 2.45) is 0 Å². The van der Waals surface area contributed by atoms with Crippen molar-refractivity contribution >= 4 is 16.6 Å². The van der Waals surface area contributed by atoms with Crippen LogP contribution in [0.2, 0.25) is 36.3 Å². The average molecular weight is 439 g/mol. The van der Waals surface area contributed by atoms with Gasteiger partial charge in [-0.3, -0.25) is 4.79 Å². The second-order valence-corrected chi connectivity index (χ2v) is 21.1. The maximum absolute atomic E-state index is 11.5. The van der Waals surface area contributed by atoms with Gasteiger partial charge in [-0.25, -0.2) is 0 Å². The Morgan fingerprint density at radius 1 is 1.00 bits per heavy atom. The number of aromatic nitrogens is 1. The second kappa shape index (κ2) is 8.42. The zero-order valence-corrected chi connectivity index (χ0v) is 22.1. The molecule has 0 aliphatic carbocycles. The van der Waals surface area contributed by atoms with E-state index in [1.807, 2.05) is 12.3 Å². The monoisotopic (exact) mass is 438 g/mol. The number of hydrogen-bond donors (Lipinski definition) is 2. The molecule has 2 heterocycles. The van der Waals surface area contributed by atoms with Crippen LogP contribution >= 0.6 is 0 Å². The molecule has 1 aromatic rings. The highest BCUT2D eigenvalue weighted by molar-refractivity contribution is 6.74. The smallest absolute Gasteiger partial charge is 0.247 e. The molecule has 1 aromatic heterocycles. The lowest BCUT2D eigenvalue weighted by atomic mass is 10.1. The predicted molar refractivity (Wildman–Crippen MR) is 127 cm³/mol. The number of hydrogen-bond acceptors (Lipinski definition) is 4. The normalized spacial score (nSPS) is 24.1. The molecule has 0 amide bonds. The van der Waals surface area contributed by atoms with Gasteiger partial charge in [0.25, 0.3) is 0 Å². The lowest BCUT2D eigenvalue weighted by Crippen LogP contribution is -2.50. The van der Waals surface area contributed by atoms with E-state index in [4.69, 9.17) is 8.85 Å². The van der Waals surface area contributed by atoms with Gasteiger partial charge < -0.3 is 19.2 Å². The van der Waals surface area contributed by atoms with Crippen LogP contribution in [0.15, 0.2) is 23.1 Å². The lowest BCUT2D eigenvalue weighted by molar-refractivity contribution is 0.130. The van der Waals surface area contributed by atoms with E-state index < -0.39 is 16.6 Å². The Bertz CT molecular complexity index is 727. The fraction of sp³-hybridized carbons (Fsp3) is 0.773.